The van der Waals surface area contributed by atoms with Crippen LogP contribution in [-0.4, -0.2) is 13.7 Å². The maximum atomic E-state index is 12.6. The Morgan fingerprint density at radius 1 is 1.62 bits per heavy atom. The molecule has 0 aliphatic heterocycles. The van der Waals surface area contributed by atoms with E-state index in [-0.39, 0.29) is 11.9 Å². The summed E-state index contributed by atoms with van der Waals surface area (Å²) < 4.78 is 17.5. The molecule has 0 amide bonds. The Kier molecular flexibility index (Phi) is 3.66. The van der Waals surface area contributed by atoms with Crippen molar-refractivity contribution in [2.45, 2.75) is 6.04 Å². The Bertz CT molecular complexity index is 293. The van der Waals surface area contributed by atoms with E-state index in [0.29, 0.717) is 17.2 Å². The van der Waals surface area contributed by atoms with Gasteiger partial charge >= 0.3 is 0 Å². The molecule has 0 saturated heterocycles. The molecule has 1 rings (SSSR count). The Morgan fingerprint density at radius 2 is 2.31 bits per heavy atom. The van der Waals surface area contributed by atoms with Crippen molar-refractivity contribution in [2.75, 3.05) is 13.7 Å². The lowest BCUT2D eigenvalue weighted by molar-refractivity contribution is 0.181. The van der Waals surface area contributed by atoms with E-state index in [9.17, 15) is 4.39 Å². The van der Waals surface area contributed by atoms with Gasteiger partial charge in [0.05, 0.1) is 12.6 Å². The van der Waals surface area contributed by atoms with E-state index >= 15 is 0 Å². The first kappa shape index (κ1) is 10.4. The van der Waals surface area contributed by atoms with Crippen LogP contribution in [0.15, 0.2) is 18.2 Å². The number of benzene rings is 1. The van der Waals surface area contributed by atoms with Crippen molar-refractivity contribution in [3.8, 4) is 0 Å². The zero-order valence-electron chi connectivity index (χ0n) is 7.26. The van der Waals surface area contributed by atoms with Crippen LogP contribution in [0, 0.1) is 5.82 Å². The molecule has 1 unspecified atom stereocenters. The van der Waals surface area contributed by atoms with Crippen LogP contribution in [0.25, 0.3) is 0 Å². The number of ether oxygens (including phenoxy) is 1. The van der Waals surface area contributed by atoms with Crippen molar-refractivity contribution >= 4 is 11.6 Å². The maximum Gasteiger partial charge on any atom is 0.124 e. The standard InChI is InChI=1S/C9H11ClFNO/c1-13-5-9(12)7-3-2-6(11)4-8(7)10/h2-4,9H,5,12H2,1H3. The van der Waals surface area contributed by atoms with Gasteiger partial charge in [0.15, 0.2) is 0 Å². The molecule has 0 aromatic heterocycles. The summed E-state index contributed by atoms with van der Waals surface area (Å²) in [6.07, 6.45) is 0. The fourth-order valence-electron chi connectivity index (χ4n) is 1.07. The van der Waals surface area contributed by atoms with Gasteiger partial charge in [-0.3, -0.25) is 0 Å². The summed E-state index contributed by atoms with van der Waals surface area (Å²) in [7, 11) is 1.55. The number of rotatable bonds is 3. The fourth-order valence-corrected chi connectivity index (χ4v) is 1.38. The molecule has 0 spiro atoms. The summed E-state index contributed by atoms with van der Waals surface area (Å²) in [6.45, 7) is 0.366. The van der Waals surface area contributed by atoms with Crippen LogP contribution in [-0.2, 0) is 4.74 Å². The van der Waals surface area contributed by atoms with Crippen LogP contribution in [0.4, 0.5) is 4.39 Å². The second-order valence-electron chi connectivity index (χ2n) is 2.73. The molecule has 4 heteroatoms. The lowest BCUT2D eigenvalue weighted by Crippen LogP contribution is -2.16. The second kappa shape index (κ2) is 4.56. The van der Waals surface area contributed by atoms with Crippen molar-refractivity contribution < 1.29 is 9.13 Å². The lowest BCUT2D eigenvalue weighted by atomic mass is 10.1. The fraction of sp³-hybridized carbons (Fsp3) is 0.333. The highest BCUT2D eigenvalue weighted by Crippen LogP contribution is 2.22. The first-order chi connectivity index (χ1) is 6.15. The van der Waals surface area contributed by atoms with E-state index in [1.807, 2.05) is 0 Å². The first-order valence-electron chi connectivity index (χ1n) is 3.84. The molecule has 0 aliphatic rings. The average molecular weight is 204 g/mol. The molecular weight excluding hydrogens is 193 g/mol. The van der Waals surface area contributed by atoms with Gasteiger partial charge in [0, 0.05) is 12.1 Å². The van der Waals surface area contributed by atoms with Crippen molar-refractivity contribution in [1.29, 1.82) is 0 Å². The lowest BCUT2D eigenvalue weighted by Gasteiger charge is -2.12. The summed E-state index contributed by atoms with van der Waals surface area (Å²) in [6, 6.07) is 3.84. The van der Waals surface area contributed by atoms with Gasteiger partial charge in [0.25, 0.3) is 0 Å². The Labute approximate surface area is 81.4 Å². The number of nitrogens with two attached hydrogens (primary N) is 1. The molecule has 0 aliphatic carbocycles. The molecule has 0 bridgehead atoms. The van der Waals surface area contributed by atoms with Crippen molar-refractivity contribution in [1.82, 2.24) is 0 Å². The predicted molar refractivity (Wildman–Crippen MR) is 50.2 cm³/mol. The topological polar surface area (TPSA) is 35.2 Å². The molecule has 0 radical (unpaired) electrons. The smallest absolute Gasteiger partial charge is 0.124 e. The zero-order valence-corrected chi connectivity index (χ0v) is 8.01. The van der Waals surface area contributed by atoms with Gasteiger partial charge in [0.1, 0.15) is 5.82 Å². The Hall–Kier alpha value is -0.640. The number of halogens is 2. The summed E-state index contributed by atoms with van der Waals surface area (Å²) in [4.78, 5) is 0. The largest absolute Gasteiger partial charge is 0.383 e. The third-order valence-corrected chi connectivity index (χ3v) is 2.04. The summed E-state index contributed by atoms with van der Waals surface area (Å²) in [5.74, 6) is -0.363. The van der Waals surface area contributed by atoms with Gasteiger partial charge < -0.3 is 10.5 Å². The maximum absolute atomic E-state index is 12.6. The van der Waals surface area contributed by atoms with Crippen LogP contribution in [0.5, 0.6) is 0 Å². The molecular formula is C9H11ClFNO. The van der Waals surface area contributed by atoms with Crippen molar-refractivity contribution in [3.05, 3.63) is 34.6 Å². The van der Waals surface area contributed by atoms with Gasteiger partial charge in [-0.25, -0.2) is 4.39 Å². The van der Waals surface area contributed by atoms with Crippen LogP contribution in [0.3, 0.4) is 0 Å². The number of hydrogen-bond donors (Lipinski definition) is 1. The van der Waals surface area contributed by atoms with Gasteiger partial charge in [0.2, 0.25) is 0 Å². The highest BCUT2D eigenvalue weighted by Gasteiger charge is 2.09. The molecule has 0 heterocycles. The minimum Gasteiger partial charge on any atom is -0.383 e. The third-order valence-electron chi connectivity index (χ3n) is 1.71. The van der Waals surface area contributed by atoms with Crippen LogP contribution >= 0.6 is 11.6 Å². The highest BCUT2D eigenvalue weighted by atomic mass is 35.5. The molecule has 1 atom stereocenters. The molecule has 0 saturated carbocycles. The Balaban J connectivity index is 2.88. The van der Waals surface area contributed by atoms with Gasteiger partial charge in [-0.2, -0.15) is 0 Å². The monoisotopic (exact) mass is 203 g/mol. The minimum atomic E-state index is -0.363. The SMILES string of the molecule is COCC(N)c1ccc(F)cc1Cl. The molecule has 13 heavy (non-hydrogen) atoms. The number of methoxy groups -OCH3 is 1. The first-order valence-corrected chi connectivity index (χ1v) is 4.22. The minimum absolute atomic E-state index is 0.307. The molecule has 2 N–H and O–H groups in total. The summed E-state index contributed by atoms with van der Waals surface area (Å²) in [5.41, 5.74) is 6.42. The highest BCUT2D eigenvalue weighted by molar-refractivity contribution is 6.31. The second-order valence-corrected chi connectivity index (χ2v) is 3.13. The van der Waals surface area contributed by atoms with E-state index in [1.54, 1.807) is 13.2 Å². The van der Waals surface area contributed by atoms with Crippen molar-refractivity contribution in [2.24, 2.45) is 5.73 Å². The molecule has 72 valence electrons. The van der Waals surface area contributed by atoms with Crippen LogP contribution < -0.4 is 5.73 Å². The Morgan fingerprint density at radius 3 is 2.85 bits per heavy atom. The van der Waals surface area contributed by atoms with Crippen LogP contribution in [0.1, 0.15) is 11.6 Å². The van der Waals surface area contributed by atoms with Crippen LogP contribution in [0.2, 0.25) is 5.02 Å². The molecule has 0 fully saturated rings. The summed E-state index contributed by atoms with van der Waals surface area (Å²) >= 11 is 5.78. The van der Waals surface area contributed by atoms with E-state index < -0.39 is 0 Å². The molecule has 1 aromatic carbocycles. The van der Waals surface area contributed by atoms with Crippen molar-refractivity contribution in [3.63, 3.8) is 0 Å². The molecule has 1 aromatic rings. The summed E-state index contributed by atoms with van der Waals surface area (Å²) in [5, 5.41) is 0.338. The zero-order chi connectivity index (χ0) is 9.84. The van der Waals surface area contributed by atoms with E-state index in [1.165, 1.54) is 12.1 Å². The van der Waals surface area contributed by atoms with E-state index in [4.69, 9.17) is 22.1 Å². The van der Waals surface area contributed by atoms with E-state index in [0.717, 1.165) is 0 Å². The van der Waals surface area contributed by atoms with E-state index in [2.05, 4.69) is 0 Å². The predicted octanol–water partition coefficient (Wildman–Crippen LogP) is 2.13. The van der Waals surface area contributed by atoms with Gasteiger partial charge in [-0.05, 0) is 17.7 Å². The normalized spacial score (nSPS) is 12.9. The quantitative estimate of drug-likeness (QED) is 0.817. The number of hydrogen-bond acceptors (Lipinski definition) is 2. The average Bonchev–Trinajstić information content (AvgIpc) is 2.04. The van der Waals surface area contributed by atoms with Gasteiger partial charge in [-0.1, -0.05) is 17.7 Å². The van der Waals surface area contributed by atoms with Gasteiger partial charge in [-0.15, -0.1) is 0 Å². The molecule has 2 nitrogen and oxygen atoms in total. The third kappa shape index (κ3) is 2.66.